The molecule has 1 heterocycles. The van der Waals surface area contributed by atoms with Gasteiger partial charge in [0.05, 0.1) is 4.90 Å². The van der Waals surface area contributed by atoms with Crippen molar-refractivity contribution in [3.05, 3.63) is 29.8 Å². The zero-order chi connectivity index (χ0) is 14.8. The summed E-state index contributed by atoms with van der Waals surface area (Å²) in [5.74, 6) is 0.354. The molecule has 0 saturated carbocycles. The van der Waals surface area contributed by atoms with Crippen molar-refractivity contribution in [3.8, 4) is 0 Å². The van der Waals surface area contributed by atoms with Crippen molar-refractivity contribution in [1.82, 2.24) is 9.62 Å². The number of benzene rings is 1. The Morgan fingerprint density at radius 2 is 2.15 bits per heavy atom. The van der Waals surface area contributed by atoms with E-state index >= 15 is 0 Å². The minimum atomic E-state index is -3.37. The molecular weight excluding hydrogens is 272 g/mol. The van der Waals surface area contributed by atoms with E-state index in [0.29, 0.717) is 23.9 Å². The molecule has 0 bridgehead atoms. The molecule has 1 saturated heterocycles. The molecule has 1 aromatic carbocycles. The SMILES string of the molecule is CNCc1cccc(S(=O)(=O)N2CCCC2C(C)C)c1. The lowest BCUT2D eigenvalue weighted by molar-refractivity contribution is 0.315. The Morgan fingerprint density at radius 3 is 2.80 bits per heavy atom. The zero-order valence-corrected chi connectivity index (χ0v) is 13.3. The van der Waals surface area contributed by atoms with Crippen molar-refractivity contribution in [2.24, 2.45) is 5.92 Å². The van der Waals surface area contributed by atoms with Crippen LogP contribution in [0.3, 0.4) is 0 Å². The highest BCUT2D eigenvalue weighted by molar-refractivity contribution is 7.89. The molecule has 5 heteroatoms. The Hall–Kier alpha value is -0.910. The van der Waals surface area contributed by atoms with Crippen molar-refractivity contribution in [3.63, 3.8) is 0 Å². The number of nitrogens with zero attached hydrogens (tertiary/aromatic N) is 1. The van der Waals surface area contributed by atoms with Crippen LogP contribution in [-0.4, -0.2) is 32.4 Å². The Balaban J connectivity index is 2.32. The zero-order valence-electron chi connectivity index (χ0n) is 12.5. The van der Waals surface area contributed by atoms with Gasteiger partial charge in [-0.1, -0.05) is 26.0 Å². The van der Waals surface area contributed by atoms with E-state index in [1.165, 1.54) is 0 Å². The summed E-state index contributed by atoms with van der Waals surface area (Å²) in [5.41, 5.74) is 0.994. The lowest BCUT2D eigenvalue weighted by atomic mass is 10.0. The third-order valence-electron chi connectivity index (χ3n) is 3.90. The smallest absolute Gasteiger partial charge is 0.243 e. The van der Waals surface area contributed by atoms with Crippen LogP contribution in [0.1, 0.15) is 32.3 Å². The van der Waals surface area contributed by atoms with Gasteiger partial charge in [-0.3, -0.25) is 0 Å². The van der Waals surface area contributed by atoms with Crippen LogP contribution in [0.2, 0.25) is 0 Å². The predicted molar refractivity (Wildman–Crippen MR) is 81.0 cm³/mol. The van der Waals surface area contributed by atoms with Crippen molar-refractivity contribution >= 4 is 10.0 Å². The van der Waals surface area contributed by atoms with Crippen molar-refractivity contribution < 1.29 is 8.42 Å². The van der Waals surface area contributed by atoms with Gasteiger partial charge in [0.2, 0.25) is 10.0 Å². The van der Waals surface area contributed by atoms with Crippen LogP contribution in [0.25, 0.3) is 0 Å². The maximum Gasteiger partial charge on any atom is 0.243 e. The van der Waals surface area contributed by atoms with Crippen LogP contribution < -0.4 is 5.32 Å². The average Bonchev–Trinajstić information content (AvgIpc) is 2.89. The van der Waals surface area contributed by atoms with Gasteiger partial charge in [-0.25, -0.2) is 8.42 Å². The Bertz CT molecular complexity index is 555. The number of hydrogen-bond acceptors (Lipinski definition) is 3. The van der Waals surface area contributed by atoms with Gasteiger partial charge >= 0.3 is 0 Å². The maximum absolute atomic E-state index is 12.8. The Morgan fingerprint density at radius 1 is 1.40 bits per heavy atom. The molecule has 1 aromatic rings. The molecular formula is C15H24N2O2S. The fourth-order valence-corrected chi connectivity index (χ4v) is 4.78. The molecule has 1 unspecified atom stereocenters. The molecule has 0 aromatic heterocycles. The largest absolute Gasteiger partial charge is 0.316 e. The summed E-state index contributed by atoms with van der Waals surface area (Å²) < 4.78 is 27.3. The van der Waals surface area contributed by atoms with E-state index < -0.39 is 10.0 Å². The molecule has 4 nitrogen and oxygen atoms in total. The summed E-state index contributed by atoms with van der Waals surface area (Å²) in [6.45, 7) is 5.50. The van der Waals surface area contributed by atoms with E-state index in [4.69, 9.17) is 0 Å². The van der Waals surface area contributed by atoms with Gasteiger partial charge in [0, 0.05) is 19.1 Å². The summed E-state index contributed by atoms with van der Waals surface area (Å²) in [6.07, 6.45) is 1.92. The molecule has 0 spiro atoms. The fourth-order valence-electron chi connectivity index (χ4n) is 2.89. The van der Waals surface area contributed by atoms with Gasteiger partial charge in [-0.05, 0) is 43.5 Å². The maximum atomic E-state index is 12.8. The molecule has 2 rings (SSSR count). The molecule has 1 N–H and O–H groups in total. The number of hydrogen-bond donors (Lipinski definition) is 1. The number of rotatable bonds is 5. The minimum absolute atomic E-state index is 0.132. The third kappa shape index (κ3) is 3.05. The van der Waals surface area contributed by atoms with Crippen LogP contribution in [0.15, 0.2) is 29.2 Å². The van der Waals surface area contributed by atoms with E-state index in [9.17, 15) is 8.42 Å². The minimum Gasteiger partial charge on any atom is -0.316 e. The average molecular weight is 296 g/mol. The first-order valence-electron chi connectivity index (χ1n) is 7.22. The summed E-state index contributed by atoms with van der Waals surface area (Å²) >= 11 is 0. The molecule has 0 amide bonds. The lowest BCUT2D eigenvalue weighted by Crippen LogP contribution is -2.38. The predicted octanol–water partition coefficient (Wildman–Crippen LogP) is 2.22. The second-order valence-corrected chi connectivity index (χ2v) is 7.64. The summed E-state index contributed by atoms with van der Waals surface area (Å²) in [5, 5.41) is 3.05. The lowest BCUT2D eigenvalue weighted by Gasteiger charge is -2.27. The molecule has 1 aliphatic rings. The summed E-state index contributed by atoms with van der Waals surface area (Å²) in [6, 6.07) is 7.37. The Labute approximate surface area is 122 Å². The highest BCUT2D eigenvalue weighted by Gasteiger charge is 2.36. The van der Waals surface area contributed by atoms with Crippen LogP contribution in [0.5, 0.6) is 0 Å². The van der Waals surface area contributed by atoms with Gasteiger partial charge in [0.1, 0.15) is 0 Å². The number of nitrogens with one attached hydrogen (secondary N) is 1. The first kappa shape index (κ1) is 15.5. The second kappa shape index (κ2) is 6.24. The van der Waals surface area contributed by atoms with Gasteiger partial charge in [-0.15, -0.1) is 0 Å². The topological polar surface area (TPSA) is 49.4 Å². The fraction of sp³-hybridized carbons (Fsp3) is 0.600. The molecule has 1 aliphatic heterocycles. The van der Waals surface area contributed by atoms with E-state index in [1.54, 1.807) is 16.4 Å². The monoisotopic (exact) mass is 296 g/mol. The molecule has 112 valence electrons. The van der Waals surface area contributed by atoms with Crippen LogP contribution in [-0.2, 0) is 16.6 Å². The Kier molecular flexibility index (Phi) is 4.83. The van der Waals surface area contributed by atoms with Gasteiger partial charge in [0.25, 0.3) is 0 Å². The molecule has 1 atom stereocenters. The highest BCUT2D eigenvalue weighted by Crippen LogP contribution is 2.30. The van der Waals surface area contributed by atoms with Gasteiger partial charge in [0.15, 0.2) is 0 Å². The quantitative estimate of drug-likeness (QED) is 0.906. The first-order chi connectivity index (χ1) is 9.46. The second-order valence-electron chi connectivity index (χ2n) is 5.75. The van der Waals surface area contributed by atoms with Gasteiger partial charge in [-0.2, -0.15) is 4.31 Å². The van der Waals surface area contributed by atoms with E-state index in [0.717, 1.165) is 18.4 Å². The molecule has 0 aliphatic carbocycles. The van der Waals surface area contributed by atoms with Crippen molar-refractivity contribution in [2.75, 3.05) is 13.6 Å². The van der Waals surface area contributed by atoms with Crippen LogP contribution >= 0.6 is 0 Å². The van der Waals surface area contributed by atoms with Crippen molar-refractivity contribution in [1.29, 1.82) is 0 Å². The van der Waals surface area contributed by atoms with Crippen LogP contribution in [0, 0.1) is 5.92 Å². The summed E-state index contributed by atoms with van der Waals surface area (Å²) in [7, 11) is -1.51. The van der Waals surface area contributed by atoms with Gasteiger partial charge < -0.3 is 5.32 Å². The van der Waals surface area contributed by atoms with Crippen LogP contribution in [0.4, 0.5) is 0 Å². The van der Waals surface area contributed by atoms with E-state index in [-0.39, 0.29) is 6.04 Å². The standard InChI is InChI=1S/C15H24N2O2S/c1-12(2)15-8-5-9-17(15)20(18,19)14-7-4-6-13(10-14)11-16-3/h4,6-7,10,12,15-16H,5,8-9,11H2,1-3H3. The van der Waals surface area contributed by atoms with Crippen molar-refractivity contribution in [2.45, 2.75) is 44.2 Å². The normalized spacial score (nSPS) is 20.7. The molecule has 1 fully saturated rings. The number of sulfonamides is 1. The highest BCUT2D eigenvalue weighted by atomic mass is 32.2. The first-order valence-corrected chi connectivity index (χ1v) is 8.66. The molecule has 0 radical (unpaired) electrons. The summed E-state index contributed by atoms with van der Waals surface area (Å²) in [4.78, 5) is 0.415. The van der Waals surface area contributed by atoms with E-state index in [2.05, 4.69) is 19.2 Å². The molecule has 20 heavy (non-hydrogen) atoms. The van der Waals surface area contributed by atoms with E-state index in [1.807, 2.05) is 19.2 Å². The third-order valence-corrected chi connectivity index (χ3v) is 5.82.